The monoisotopic (exact) mass is 448 g/mol. The van der Waals surface area contributed by atoms with Crippen LogP contribution in [-0.2, 0) is 38.8 Å². The summed E-state index contributed by atoms with van der Waals surface area (Å²) < 4.78 is 2.50. The number of aryl methyl sites for hydroxylation is 2. The van der Waals surface area contributed by atoms with Crippen LogP contribution in [0.25, 0.3) is 0 Å². The lowest BCUT2D eigenvalue weighted by Gasteiger charge is -2.13. The summed E-state index contributed by atoms with van der Waals surface area (Å²) in [5.41, 5.74) is 3.81. The molecule has 0 saturated heterocycles. The Balaban J connectivity index is 1.69. The highest BCUT2D eigenvalue weighted by Gasteiger charge is 2.11. The van der Waals surface area contributed by atoms with Gasteiger partial charge in [-0.25, -0.2) is 4.79 Å². The lowest BCUT2D eigenvalue weighted by Crippen LogP contribution is -2.40. The van der Waals surface area contributed by atoms with Gasteiger partial charge in [-0.05, 0) is 59.8 Å². The van der Waals surface area contributed by atoms with Gasteiger partial charge in [0, 0.05) is 13.1 Å². The van der Waals surface area contributed by atoms with Gasteiger partial charge < -0.3 is 5.11 Å². The fourth-order valence-corrected chi connectivity index (χ4v) is 4.13. The Hall–Kier alpha value is -3.08. The third-order valence-corrected chi connectivity index (χ3v) is 5.84. The van der Waals surface area contributed by atoms with Gasteiger partial charge in [0.1, 0.15) is 0 Å². The summed E-state index contributed by atoms with van der Waals surface area (Å²) in [6.45, 7) is 9.37. The molecule has 1 N–H and O–H groups in total. The van der Waals surface area contributed by atoms with E-state index in [1.54, 1.807) is 0 Å². The first-order chi connectivity index (χ1) is 15.7. The predicted octanol–water partition coefficient (Wildman–Crippen LogP) is 4.60. The molecular weight excluding hydrogens is 412 g/mol. The van der Waals surface area contributed by atoms with Gasteiger partial charge in [0.2, 0.25) is 5.88 Å². The number of aromatic hydroxyl groups is 1. The fraction of sp³-hybridized carbons (Fsp3) is 0.429. The molecule has 5 heteroatoms. The second-order valence-corrected chi connectivity index (χ2v) is 9.76. The van der Waals surface area contributed by atoms with E-state index in [0.29, 0.717) is 31.2 Å². The molecule has 0 saturated carbocycles. The van der Waals surface area contributed by atoms with Gasteiger partial charge in [0.05, 0.1) is 6.07 Å². The number of hydrogen-bond donors (Lipinski definition) is 1. The average molecular weight is 449 g/mol. The van der Waals surface area contributed by atoms with Crippen molar-refractivity contribution < 1.29 is 5.11 Å². The van der Waals surface area contributed by atoms with Gasteiger partial charge in [0.15, 0.2) is 0 Å². The molecule has 0 aliphatic rings. The van der Waals surface area contributed by atoms with E-state index in [1.807, 2.05) is 0 Å². The van der Waals surface area contributed by atoms with E-state index in [2.05, 4.69) is 76.2 Å². The van der Waals surface area contributed by atoms with E-state index >= 15 is 0 Å². The Bertz CT molecular complexity index is 1150. The van der Waals surface area contributed by atoms with Crippen LogP contribution in [0.5, 0.6) is 5.88 Å². The van der Waals surface area contributed by atoms with Crippen molar-refractivity contribution in [1.29, 1.82) is 0 Å². The first-order valence-electron chi connectivity index (χ1n) is 11.9. The molecule has 0 aliphatic carbocycles. The number of hydrogen-bond acceptors (Lipinski definition) is 3. The van der Waals surface area contributed by atoms with Crippen LogP contribution >= 0.6 is 0 Å². The molecular formula is C28H36N2O3. The van der Waals surface area contributed by atoms with E-state index in [-0.39, 0.29) is 12.4 Å². The predicted molar refractivity (Wildman–Crippen MR) is 134 cm³/mol. The van der Waals surface area contributed by atoms with Crippen LogP contribution in [0.2, 0.25) is 0 Å². The minimum atomic E-state index is -0.469. The maximum atomic E-state index is 13.0. The Morgan fingerprint density at radius 3 is 1.48 bits per heavy atom. The van der Waals surface area contributed by atoms with Crippen LogP contribution in [0.3, 0.4) is 0 Å². The molecule has 33 heavy (non-hydrogen) atoms. The van der Waals surface area contributed by atoms with Gasteiger partial charge in [-0.3, -0.25) is 13.9 Å². The van der Waals surface area contributed by atoms with Gasteiger partial charge in [-0.1, -0.05) is 76.2 Å². The highest BCUT2D eigenvalue weighted by molar-refractivity contribution is 5.24. The van der Waals surface area contributed by atoms with Crippen molar-refractivity contribution in [2.45, 2.75) is 66.5 Å². The van der Waals surface area contributed by atoms with E-state index in [4.69, 9.17) is 0 Å². The molecule has 0 fully saturated rings. The smallest absolute Gasteiger partial charge is 0.333 e. The largest absolute Gasteiger partial charge is 0.494 e. The van der Waals surface area contributed by atoms with Crippen LogP contribution < -0.4 is 11.2 Å². The number of aromatic nitrogens is 2. The molecule has 3 rings (SSSR count). The van der Waals surface area contributed by atoms with Gasteiger partial charge >= 0.3 is 5.69 Å². The highest BCUT2D eigenvalue weighted by Crippen LogP contribution is 2.13. The highest BCUT2D eigenvalue weighted by atomic mass is 16.3. The van der Waals surface area contributed by atoms with Crippen LogP contribution in [0.1, 0.15) is 49.9 Å². The Morgan fingerprint density at radius 1 is 0.667 bits per heavy atom. The summed E-state index contributed by atoms with van der Waals surface area (Å²) in [4.78, 5) is 25.4. The first-order valence-corrected chi connectivity index (χ1v) is 11.9. The van der Waals surface area contributed by atoms with E-state index in [9.17, 15) is 14.7 Å². The number of nitrogens with zero attached hydrogens (tertiary/aromatic N) is 2. The standard InChI is InChI=1S/C28H36N2O3/c1-20(2)17-24-9-5-22(6-10-24)13-15-29-26(31)19-27(32)30(28(29)33)16-14-23-7-11-25(12-8-23)18-21(3)4/h5-12,19-21,31H,13-18H2,1-4H3. The topological polar surface area (TPSA) is 64.2 Å². The summed E-state index contributed by atoms with van der Waals surface area (Å²) in [6.07, 6.45) is 3.25. The summed E-state index contributed by atoms with van der Waals surface area (Å²) >= 11 is 0. The van der Waals surface area contributed by atoms with Crippen molar-refractivity contribution in [3.05, 3.63) is 97.7 Å². The molecule has 0 unspecified atom stereocenters. The maximum absolute atomic E-state index is 13.0. The molecule has 5 nitrogen and oxygen atoms in total. The van der Waals surface area contributed by atoms with E-state index in [0.717, 1.165) is 30.0 Å². The minimum absolute atomic E-state index is 0.282. The van der Waals surface area contributed by atoms with Crippen molar-refractivity contribution in [2.24, 2.45) is 11.8 Å². The van der Waals surface area contributed by atoms with Crippen molar-refractivity contribution in [1.82, 2.24) is 9.13 Å². The zero-order valence-electron chi connectivity index (χ0n) is 20.3. The lowest BCUT2D eigenvalue weighted by atomic mass is 10.0. The van der Waals surface area contributed by atoms with Crippen molar-refractivity contribution in [2.75, 3.05) is 0 Å². The Morgan fingerprint density at radius 2 is 1.06 bits per heavy atom. The molecule has 0 amide bonds. The van der Waals surface area contributed by atoms with Crippen molar-refractivity contribution in [3.8, 4) is 5.88 Å². The molecule has 2 aromatic carbocycles. The first kappa shape index (κ1) is 24.6. The molecule has 1 aromatic heterocycles. The minimum Gasteiger partial charge on any atom is -0.494 e. The SMILES string of the molecule is CC(C)Cc1ccc(CCn2c(O)cc(=O)n(CCc3ccc(CC(C)C)cc3)c2=O)cc1. The number of rotatable bonds is 10. The zero-order valence-corrected chi connectivity index (χ0v) is 20.3. The summed E-state index contributed by atoms with van der Waals surface area (Å²) in [6, 6.07) is 17.8. The second-order valence-electron chi connectivity index (χ2n) is 9.76. The molecule has 1 heterocycles. The van der Waals surface area contributed by atoms with E-state index < -0.39 is 11.2 Å². The van der Waals surface area contributed by atoms with Gasteiger partial charge in [0.25, 0.3) is 5.56 Å². The van der Waals surface area contributed by atoms with Crippen molar-refractivity contribution in [3.63, 3.8) is 0 Å². The Labute approximate surface area is 196 Å². The quantitative estimate of drug-likeness (QED) is 0.493. The van der Waals surface area contributed by atoms with Crippen LogP contribution in [0, 0.1) is 11.8 Å². The van der Waals surface area contributed by atoms with Gasteiger partial charge in [-0.2, -0.15) is 0 Å². The molecule has 0 atom stereocenters. The summed E-state index contributed by atoms with van der Waals surface area (Å²) in [5.74, 6) is 0.920. The molecule has 0 spiro atoms. The third-order valence-electron chi connectivity index (χ3n) is 5.84. The normalized spacial score (nSPS) is 11.5. The van der Waals surface area contributed by atoms with Crippen molar-refractivity contribution >= 4 is 0 Å². The van der Waals surface area contributed by atoms with Crippen LogP contribution in [0.4, 0.5) is 0 Å². The molecule has 3 aromatic rings. The zero-order chi connectivity index (χ0) is 24.0. The van der Waals surface area contributed by atoms with E-state index in [1.165, 1.54) is 20.3 Å². The summed E-state index contributed by atoms with van der Waals surface area (Å²) in [7, 11) is 0. The average Bonchev–Trinajstić information content (AvgIpc) is 2.75. The summed E-state index contributed by atoms with van der Waals surface area (Å²) in [5, 5.41) is 10.3. The lowest BCUT2D eigenvalue weighted by molar-refractivity contribution is 0.388. The maximum Gasteiger partial charge on any atom is 0.333 e. The second kappa shape index (κ2) is 11.2. The third kappa shape index (κ3) is 6.95. The molecule has 176 valence electrons. The molecule has 0 bridgehead atoms. The molecule has 0 aliphatic heterocycles. The van der Waals surface area contributed by atoms with Gasteiger partial charge in [-0.15, -0.1) is 0 Å². The van der Waals surface area contributed by atoms with Crippen LogP contribution in [-0.4, -0.2) is 14.2 Å². The van der Waals surface area contributed by atoms with Crippen LogP contribution in [0.15, 0.2) is 64.2 Å². The Kier molecular flexibility index (Phi) is 8.32. The molecule has 0 radical (unpaired) electrons. The fourth-order valence-electron chi connectivity index (χ4n) is 4.13. The number of benzene rings is 2.